The molecular weight excluding hydrogens is 723 g/mol. The van der Waals surface area contributed by atoms with Crippen LogP contribution < -0.4 is 4.90 Å². The summed E-state index contributed by atoms with van der Waals surface area (Å²) in [5.74, 6) is 0. The number of quaternary nitrogens is 1. The summed E-state index contributed by atoms with van der Waals surface area (Å²) < 4.78 is 0. The molecule has 1 saturated heterocycles. The van der Waals surface area contributed by atoms with Crippen LogP contribution in [0.15, 0.2) is 52.7 Å². The normalized spacial score (nSPS) is 24.5. The number of rotatable bonds is 4. The first kappa shape index (κ1) is 30.7. The van der Waals surface area contributed by atoms with E-state index in [0.717, 1.165) is 0 Å². The van der Waals surface area contributed by atoms with E-state index >= 15 is 0 Å². The molecule has 0 saturated carbocycles. The molecular formula is C20H23Cl9N3Sb. The molecule has 0 aliphatic carbocycles. The van der Waals surface area contributed by atoms with E-state index in [0.29, 0.717) is 20.8 Å². The summed E-state index contributed by atoms with van der Waals surface area (Å²) in [5.41, 5.74) is 1.26. The zero-order valence-corrected chi connectivity index (χ0v) is 27.6. The van der Waals surface area contributed by atoms with Crippen molar-refractivity contribution in [3.05, 3.63) is 63.1 Å². The van der Waals surface area contributed by atoms with Crippen molar-refractivity contribution >= 4 is 103 Å². The molecule has 33 heavy (non-hydrogen) atoms. The van der Waals surface area contributed by atoms with Crippen molar-refractivity contribution in [2.24, 2.45) is 10.2 Å². The Bertz CT molecular complexity index is 1030. The number of hydrogen-bond acceptors (Lipinski definition) is 2. The predicted octanol–water partition coefficient (Wildman–Crippen LogP) is 9.82. The summed E-state index contributed by atoms with van der Waals surface area (Å²) >= 11 is 18.4. The van der Waals surface area contributed by atoms with Crippen molar-refractivity contribution in [2.45, 2.75) is 51.4 Å². The van der Waals surface area contributed by atoms with Gasteiger partial charge in [0.25, 0.3) is 0 Å². The molecule has 0 bridgehead atoms. The van der Waals surface area contributed by atoms with Crippen molar-refractivity contribution < 1.29 is 4.90 Å². The monoisotopic (exact) mass is 741 g/mol. The second-order valence-corrected chi connectivity index (χ2v) is 67.1. The first-order valence-corrected chi connectivity index (χ1v) is 30.1. The average Bonchev–Trinajstić information content (AvgIpc) is 3.06. The van der Waals surface area contributed by atoms with Crippen LogP contribution in [0.5, 0.6) is 0 Å². The SMILES string of the molecule is CC(C)(N=Nc1c(Cl)cc(Cl)cc1Cl)[NH+]1C(C)(C)C1(C)c1ccccc1.[Cl][Sb-]([Cl])([Cl])([Cl])([Cl])[Cl]. The summed E-state index contributed by atoms with van der Waals surface area (Å²) in [5, 5.41) is 10.3. The molecule has 0 aromatic heterocycles. The van der Waals surface area contributed by atoms with E-state index in [1.807, 2.05) is 6.07 Å². The molecule has 1 aliphatic heterocycles. The Hall–Kier alpha value is 1.43. The van der Waals surface area contributed by atoms with Crippen molar-refractivity contribution in [1.29, 1.82) is 0 Å². The van der Waals surface area contributed by atoms with Crippen LogP contribution in [0.3, 0.4) is 0 Å². The zero-order chi connectivity index (χ0) is 25.7. The fourth-order valence-corrected chi connectivity index (χ4v) is 5.24. The molecule has 1 N–H and O–H groups in total. The van der Waals surface area contributed by atoms with Gasteiger partial charge in [0.1, 0.15) is 5.69 Å². The third kappa shape index (κ3) is 8.47. The Labute approximate surface area is 229 Å². The fourth-order valence-electron chi connectivity index (χ4n) is 4.35. The summed E-state index contributed by atoms with van der Waals surface area (Å²) in [7, 11) is 25.0. The van der Waals surface area contributed by atoms with Crippen LogP contribution in [0.25, 0.3) is 0 Å². The van der Waals surface area contributed by atoms with E-state index in [-0.39, 0.29) is 11.1 Å². The molecule has 13 heteroatoms. The van der Waals surface area contributed by atoms with Crippen LogP contribution in [0, 0.1) is 0 Å². The Morgan fingerprint density at radius 3 is 1.67 bits per heavy atom. The molecule has 2 atom stereocenters. The molecule has 2 aromatic carbocycles. The topological polar surface area (TPSA) is 29.2 Å². The molecule has 0 amide bonds. The second kappa shape index (κ2) is 9.32. The molecule has 1 fully saturated rings. The molecule has 2 aromatic rings. The van der Waals surface area contributed by atoms with Gasteiger partial charge in [-0.05, 0) is 26.0 Å². The first-order chi connectivity index (χ1) is 14.5. The first-order valence-electron chi connectivity index (χ1n) is 9.54. The van der Waals surface area contributed by atoms with Gasteiger partial charge in [0, 0.05) is 31.4 Å². The Balaban J connectivity index is 0.000000479. The van der Waals surface area contributed by atoms with Crippen LogP contribution in [0.4, 0.5) is 5.69 Å². The molecule has 186 valence electrons. The van der Waals surface area contributed by atoms with Crippen molar-refractivity contribution in [3.63, 3.8) is 0 Å². The third-order valence-electron chi connectivity index (χ3n) is 5.66. The molecule has 1 aliphatic rings. The van der Waals surface area contributed by atoms with Gasteiger partial charge in [0.15, 0.2) is 11.1 Å². The fraction of sp³-hybridized carbons (Fsp3) is 0.400. The van der Waals surface area contributed by atoms with Gasteiger partial charge < -0.3 is 0 Å². The number of hydrogen-bond donors (Lipinski definition) is 1. The van der Waals surface area contributed by atoms with Gasteiger partial charge >= 0.3 is 62.1 Å². The van der Waals surface area contributed by atoms with E-state index in [2.05, 4.69) is 69.1 Å². The Morgan fingerprint density at radius 1 is 0.818 bits per heavy atom. The summed E-state index contributed by atoms with van der Waals surface area (Å²) in [6.07, 6.45) is 0. The molecule has 0 spiro atoms. The van der Waals surface area contributed by atoms with E-state index in [1.165, 1.54) is 10.5 Å². The van der Waals surface area contributed by atoms with Crippen LogP contribution in [0.2, 0.25) is 15.1 Å². The second-order valence-electron chi connectivity index (χ2n) is 8.93. The number of azo groups is 1. The van der Waals surface area contributed by atoms with Crippen LogP contribution in [0.1, 0.15) is 40.2 Å². The summed E-state index contributed by atoms with van der Waals surface area (Å²) in [6, 6.07) is 13.8. The average molecular weight is 746 g/mol. The Morgan fingerprint density at radius 2 is 1.24 bits per heavy atom. The van der Waals surface area contributed by atoms with Crippen molar-refractivity contribution in [1.82, 2.24) is 0 Å². The van der Waals surface area contributed by atoms with Gasteiger partial charge in [-0.25, -0.2) is 0 Å². The van der Waals surface area contributed by atoms with E-state index in [1.54, 1.807) is 12.1 Å². The van der Waals surface area contributed by atoms with Crippen molar-refractivity contribution in [2.75, 3.05) is 0 Å². The molecule has 1 heterocycles. The quantitative estimate of drug-likeness (QED) is 0.184. The molecule has 3 rings (SSSR count). The van der Waals surface area contributed by atoms with E-state index in [9.17, 15) is 0 Å². The van der Waals surface area contributed by atoms with Crippen LogP contribution in [-0.4, -0.2) is 20.3 Å². The molecule has 2 unspecified atom stereocenters. The van der Waals surface area contributed by atoms with Gasteiger partial charge in [-0.3, -0.25) is 4.90 Å². The van der Waals surface area contributed by atoms with Crippen LogP contribution in [-0.2, 0) is 5.54 Å². The van der Waals surface area contributed by atoms with E-state index < -0.39 is 14.8 Å². The summed E-state index contributed by atoms with van der Waals surface area (Å²) in [4.78, 5) is 1.34. The summed E-state index contributed by atoms with van der Waals surface area (Å²) in [6.45, 7) is 11.0. The van der Waals surface area contributed by atoms with Gasteiger partial charge in [-0.1, -0.05) is 65.1 Å². The minimum absolute atomic E-state index is 0.0183. The molecule has 0 radical (unpaired) electrons. The molecule has 3 nitrogen and oxygen atoms in total. The van der Waals surface area contributed by atoms with Crippen LogP contribution >= 0.6 is 87.8 Å². The minimum atomic E-state index is -5.42. The van der Waals surface area contributed by atoms with Gasteiger partial charge in [0.05, 0.1) is 10.0 Å². The number of halogens is 9. The van der Waals surface area contributed by atoms with E-state index in [4.69, 9.17) is 87.8 Å². The predicted molar refractivity (Wildman–Crippen MR) is 150 cm³/mol. The number of nitrogens with one attached hydrogen (secondary N) is 1. The van der Waals surface area contributed by atoms with Gasteiger partial charge in [-0.2, -0.15) is 0 Å². The van der Waals surface area contributed by atoms with Gasteiger partial charge in [0.2, 0.25) is 5.66 Å². The third-order valence-corrected chi connectivity index (χ3v) is 6.45. The zero-order valence-electron chi connectivity index (χ0n) is 18.3. The van der Waals surface area contributed by atoms with Gasteiger partial charge in [-0.15, -0.1) is 10.2 Å². The number of benzene rings is 2. The van der Waals surface area contributed by atoms with Crippen molar-refractivity contribution in [3.8, 4) is 0 Å². The Kier molecular flexibility index (Phi) is 8.65. The maximum absolute atomic E-state index is 6.24. The standard InChI is InChI=1S/C20H22Cl3N3.6ClH.Sb/c1-18(2)20(5,13-9-7-6-8-10-13)26(18)19(3,4)25-24-17-15(22)11-14(21)12-16(17)23;;;;;;;/h6-12H,1-5H3;6*1H;/q;;;;;;;+5/p-5. The number of nitrogens with zero attached hydrogens (tertiary/aromatic N) is 2. The maximum atomic E-state index is 6.24.